The maximum Gasteiger partial charge on any atom is 0.293 e. The normalized spacial score (nSPS) is 14.6. The van der Waals surface area contributed by atoms with E-state index in [1.54, 1.807) is 0 Å². The summed E-state index contributed by atoms with van der Waals surface area (Å²) in [5.41, 5.74) is 0.873. The molecule has 3 amide bonds. The van der Waals surface area contributed by atoms with Gasteiger partial charge in [-0.1, -0.05) is 12.1 Å². The zero-order valence-corrected chi connectivity index (χ0v) is 18.5. The van der Waals surface area contributed by atoms with Crippen LogP contribution >= 0.6 is 11.8 Å². The van der Waals surface area contributed by atoms with Crippen molar-refractivity contribution in [1.29, 1.82) is 0 Å². The second kappa shape index (κ2) is 10.2. The largest absolute Gasteiger partial charge is 0.493 e. The van der Waals surface area contributed by atoms with Gasteiger partial charge >= 0.3 is 0 Å². The molecular formula is C22H21FN2O6S. The Hall–Kier alpha value is -3.53. The van der Waals surface area contributed by atoms with Crippen molar-refractivity contribution in [2.24, 2.45) is 0 Å². The molecule has 1 aliphatic heterocycles. The van der Waals surface area contributed by atoms with Gasteiger partial charge in [0.2, 0.25) is 5.75 Å². The van der Waals surface area contributed by atoms with Crippen molar-refractivity contribution in [2.75, 3.05) is 34.4 Å². The summed E-state index contributed by atoms with van der Waals surface area (Å²) in [6.45, 7) is 0.0545. The number of thioether (sulfide) groups is 1. The zero-order valence-electron chi connectivity index (χ0n) is 17.6. The van der Waals surface area contributed by atoms with E-state index in [-0.39, 0.29) is 23.6 Å². The summed E-state index contributed by atoms with van der Waals surface area (Å²) in [5, 5.41) is 2.23. The van der Waals surface area contributed by atoms with Crippen LogP contribution in [0.1, 0.15) is 15.9 Å². The van der Waals surface area contributed by atoms with E-state index in [2.05, 4.69) is 5.32 Å². The number of nitrogens with one attached hydrogen (secondary N) is 1. The highest BCUT2D eigenvalue weighted by molar-refractivity contribution is 8.18. The van der Waals surface area contributed by atoms with Crippen LogP contribution in [0.5, 0.6) is 17.2 Å². The SMILES string of the molecule is COc1cc(C(=O)NCCN2C(=O)S/C(=C/c3ccc(F)cc3)C2=O)cc(OC)c1OC. The quantitative estimate of drug-likeness (QED) is 0.604. The lowest BCUT2D eigenvalue weighted by molar-refractivity contribution is -0.122. The topological polar surface area (TPSA) is 94.2 Å². The van der Waals surface area contributed by atoms with Crippen LogP contribution in [0.4, 0.5) is 9.18 Å². The number of halogens is 1. The molecule has 0 saturated carbocycles. The van der Waals surface area contributed by atoms with Crippen molar-refractivity contribution in [3.8, 4) is 17.2 Å². The second-order valence-corrected chi connectivity index (χ2v) is 7.55. The molecule has 1 saturated heterocycles. The Morgan fingerprint density at radius 2 is 1.69 bits per heavy atom. The molecule has 1 heterocycles. The van der Waals surface area contributed by atoms with Crippen LogP contribution in [0.3, 0.4) is 0 Å². The molecular weight excluding hydrogens is 439 g/mol. The maximum atomic E-state index is 13.0. The van der Waals surface area contributed by atoms with Crippen molar-refractivity contribution in [3.05, 3.63) is 58.2 Å². The highest BCUT2D eigenvalue weighted by Gasteiger charge is 2.34. The number of carbonyl (C=O) groups excluding carboxylic acids is 3. The van der Waals surface area contributed by atoms with Crippen LogP contribution in [0.25, 0.3) is 6.08 Å². The fraction of sp³-hybridized carbons (Fsp3) is 0.227. The van der Waals surface area contributed by atoms with Crippen LogP contribution < -0.4 is 19.5 Å². The minimum atomic E-state index is -0.466. The monoisotopic (exact) mass is 460 g/mol. The molecule has 1 N–H and O–H groups in total. The molecule has 10 heteroatoms. The number of carbonyl (C=O) groups is 3. The van der Waals surface area contributed by atoms with E-state index in [9.17, 15) is 18.8 Å². The lowest BCUT2D eigenvalue weighted by atomic mass is 10.1. The third-order valence-corrected chi connectivity index (χ3v) is 5.50. The van der Waals surface area contributed by atoms with E-state index in [1.165, 1.54) is 63.8 Å². The minimum absolute atomic E-state index is 0.00158. The zero-order chi connectivity index (χ0) is 23.3. The summed E-state index contributed by atoms with van der Waals surface area (Å²) in [6.07, 6.45) is 1.53. The number of hydrogen-bond acceptors (Lipinski definition) is 7. The lowest BCUT2D eigenvalue weighted by Crippen LogP contribution is -2.37. The van der Waals surface area contributed by atoms with Gasteiger partial charge in [0.05, 0.1) is 26.2 Å². The minimum Gasteiger partial charge on any atom is -0.493 e. The molecule has 1 aliphatic rings. The number of imide groups is 1. The molecule has 8 nitrogen and oxygen atoms in total. The van der Waals surface area contributed by atoms with E-state index in [4.69, 9.17) is 14.2 Å². The Kier molecular flexibility index (Phi) is 7.37. The Morgan fingerprint density at radius 1 is 1.06 bits per heavy atom. The van der Waals surface area contributed by atoms with E-state index >= 15 is 0 Å². The van der Waals surface area contributed by atoms with Crippen LogP contribution in [0, 0.1) is 5.82 Å². The molecule has 1 fully saturated rings. The summed E-state index contributed by atoms with van der Waals surface area (Å²) in [5.74, 6) is -0.275. The summed E-state index contributed by atoms with van der Waals surface area (Å²) < 4.78 is 28.8. The predicted octanol–water partition coefficient (Wildman–Crippen LogP) is 3.32. The van der Waals surface area contributed by atoms with Crippen LogP contribution in [0.15, 0.2) is 41.3 Å². The fourth-order valence-corrected chi connectivity index (χ4v) is 3.86. The Morgan fingerprint density at radius 3 is 2.25 bits per heavy atom. The number of nitrogens with zero attached hydrogens (tertiary/aromatic N) is 1. The van der Waals surface area contributed by atoms with Gasteiger partial charge in [-0.15, -0.1) is 0 Å². The standard InChI is InChI=1S/C22H21FN2O6S/c1-29-16-11-14(12-17(30-2)19(16)31-3)20(26)24-8-9-25-21(27)18(32-22(25)28)10-13-4-6-15(23)7-5-13/h4-7,10-12H,8-9H2,1-3H3,(H,24,26)/b18-10+. The van der Waals surface area contributed by atoms with Crippen molar-refractivity contribution < 1.29 is 33.0 Å². The maximum absolute atomic E-state index is 13.0. The molecule has 2 aromatic rings. The number of rotatable bonds is 8. The van der Waals surface area contributed by atoms with Crippen LogP contribution in [-0.2, 0) is 4.79 Å². The van der Waals surface area contributed by atoms with Crippen molar-refractivity contribution >= 4 is 34.9 Å². The molecule has 0 aliphatic carbocycles. The highest BCUT2D eigenvalue weighted by Crippen LogP contribution is 2.38. The van der Waals surface area contributed by atoms with E-state index in [0.29, 0.717) is 22.8 Å². The molecule has 0 bridgehead atoms. The summed E-state index contributed by atoms with van der Waals surface area (Å²) in [4.78, 5) is 38.6. The summed E-state index contributed by atoms with van der Waals surface area (Å²) in [6, 6.07) is 8.58. The second-order valence-electron chi connectivity index (χ2n) is 6.55. The first-order chi connectivity index (χ1) is 15.4. The highest BCUT2D eigenvalue weighted by atomic mass is 32.2. The van der Waals surface area contributed by atoms with Crippen molar-refractivity contribution in [3.63, 3.8) is 0 Å². The van der Waals surface area contributed by atoms with Gasteiger partial charge in [0, 0.05) is 18.7 Å². The van der Waals surface area contributed by atoms with Gasteiger partial charge in [-0.05, 0) is 47.7 Å². The average molecular weight is 460 g/mol. The third kappa shape index (κ3) is 5.02. The molecule has 0 spiro atoms. The van der Waals surface area contributed by atoms with Gasteiger partial charge < -0.3 is 19.5 Å². The Labute approximate surface area is 188 Å². The average Bonchev–Trinajstić information content (AvgIpc) is 3.06. The molecule has 2 aromatic carbocycles. The van der Waals surface area contributed by atoms with E-state index in [1.807, 2.05) is 0 Å². The first-order valence-electron chi connectivity index (χ1n) is 9.47. The number of methoxy groups -OCH3 is 3. The number of ether oxygens (including phenoxy) is 3. The van der Waals surface area contributed by atoms with Gasteiger partial charge in [0.1, 0.15) is 5.82 Å². The molecule has 0 radical (unpaired) electrons. The predicted molar refractivity (Wildman–Crippen MR) is 118 cm³/mol. The number of hydrogen-bond donors (Lipinski definition) is 1. The number of amides is 3. The smallest absolute Gasteiger partial charge is 0.293 e. The Balaban J connectivity index is 1.64. The summed E-state index contributed by atoms with van der Waals surface area (Å²) >= 11 is 0.795. The van der Waals surface area contributed by atoms with Crippen molar-refractivity contribution in [1.82, 2.24) is 10.2 Å². The van der Waals surface area contributed by atoms with Gasteiger partial charge in [-0.3, -0.25) is 19.3 Å². The fourth-order valence-electron chi connectivity index (χ4n) is 3.00. The number of benzene rings is 2. The first kappa shape index (κ1) is 23.1. The Bertz CT molecular complexity index is 1050. The van der Waals surface area contributed by atoms with Gasteiger partial charge in [0.25, 0.3) is 17.1 Å². The van der Waals surface area contributed by atoms with Crippen LogP contribution in [0.2, 0.25) is 0 Å². The lowest BCUT2D eigenvalue weighted by Gasteiger charge is -2.15. The van der Waals surface area contributed by atoms with Gasteiger partial charge in [-0.2, -0.15) is 0 Å². The van der Waals surface area contributed by atoms with Crippen molar-refractivity contribution in [2.45, 2.75) is 0 Å². The van der Waals surface area contributed by atoms with Gasteiger partial charge in [-0.25, -0.2) is 4.39 Å². The molecule has 168 valence electrons. The van der Waals surface area contributed by atoms with Crippen LogP contribution in [-0.4, -0.2) is 56.4 Å². The van der Waals surface area contributed by atoms with Gasteiger partial charge in [0.15, 0.2) is 11.5 Å². The molecule has 0 aromatic heterocycles. The van der Waals surface area contributed by atoms with E-state index in [0.717, 1.165) is 16.7 Å². The molecule has 3 rings (SSSR count). The molecule has 0 unspecified atom stereocenters. The van der Waals surface area contributed by atoms with E-state index < -0.39 is 22.9 Å². The molecule has 32 heavy (non-hydrogen) atoms. The first-order valence-corrected chi connectivity index (χ1v) is 10.3. The summed E-state index contributed by atoms with van der Waals surface area (Å²) in [7, 11) is 4.34. The third-order valence-electron chi connectivity index (χ3n) is 4.59. The molecule has 0 atom stereocenters.